The van der Waals surface area contributed by atoms with Gasteiger partial charge in [-0.15, -0.1) is 0 Å². The summed E-state index contributed by atoms with van der Waals surface area (Å²) in [4.78, 5) is 2.50. The molecule has 1 fully saturated rings. The van der Waals surface area contributed by atoms with E-state index in [-0.39, 0.29) is 0 Å². The van der Waals surface area contributed by atoms with Crippen LogP contribution in [0.2, 0.25) is 0 Å². The van der Waals surface area contributed by atoms with Gasteiger partial charge in [-0.3, -0.25) is 4.90 Å². The van der Waals surface area contributed by atoms with Gasteiger partial charge in [0.15, 0.2) is 0 Å². The molecule has 2 unspecified atom stereocenters. The monoisotopic (exact) mass is 235 g/mol. The number of fused-ring (bicyclic) bond motifs is 4. The Bertz CT molecular complexity index is 401. The summed E-state index contributed by atoms with van der Waals surface area (Å²) in [6, 6.07) is 1.23. The summed E-state index contributed by atoms with van der Waals surface area (Å²) in [6.45, 7) is 4.08. The first-order valence-corrected chi connectivity index (χ1v) is 6.71. The second-order valence-electron chi connectivity index (χ2n) is 5.26. The van der Waals surface area contributed by atoms with Crippen molar-refractivity contribution < 1.29 is 4.52 Å². The molecule has 4 nitrogen and oxygen atoms in total. The molecule has 3 heterocycles. The number of aromatic nitrogens is 1. The van der Waals surface area contributed by atoms with Gasteiger partial charge in [0.25, 0.3) is 0 Å². The van der Waals surface area contributed by atoms with Crippen molar-refractivity contribution in [3.8, 4) is 0 Å². The number of nitrogens with one attached hydrogen (secondary N) is 1. The molecule has 0 amide bonds. The smallest absolute Gasteiger partial charge is 0.143 e. The minimum atomic E-state index is 0.549. The number of rotatable bonds is 4. The van der Waals surface area contributed by atoms with E-state index in [1.165, 1.54) is 18.4 Å². The van der Waals surface area contributed by atoms with E-state index in [0.29, 0.717) is 12.1 Å². The van der Waals surface area contributed by atoms with E-state index in [2.05, 4.69) is 29.3 Å². The third kappa shape index (κ3) is 1.79. The quantitative estimate of drug-likeness (QED) is 0.809. The zero-order valence-corrected chi connectivity index (χ0v) is 10.7. The molecule has 0 saturated carbocycles. The van der Waals surface area contributed by atoms with Crippen molar-refractivity contribution in [1.29, 1.82) is 0 Å². The topological polar surface area (TPSA) is 41.3 Å². The molecule has 4 heteroatoms. The van der Waals surface area contributed by atoms with Crippen molar-refractivity contribution in [2.24, 2.45) is 0 Å². The maximum Gasteiger partial charge on any atom is 0.143 e. The van der Waals surface area contributed by atoms with Crippen LogP contribution in [0.1, 0.15) is 49.2 Å². The van der Waals surface area contributed by atoms with Gasteiger partial charge in [0.2, 0.25) is 0 Å². The summed E-state index contributed by atoms with van der Waals surface area (Å²) < 4.78 is 5.53. The van der Waals surface area contributed by atoms with Gasteiger partial charge in [0.05, 0.1) is 0 Å². The molecule has 17 heavy (non-hydrogen) atoms. The lowest BCUT2D eigenvalue weighted by Gasteiger charge is -2.30. The zero-order valence-electron chi connectivity index (χ0n) is 10.7. The number of likely N-dealkylation sites (N-methyl/N-ethyl adjacent to an activating group) is 1. The van der Waals surface area contributed by atoms with E-state index >= 15 is 0 Å². The molecule has 1 N–H and O–H groups in total. The van der Waals surface area contributed by atoms with Crippen molar-refractivity contribution in [1.82, 2.24) is 15.4 Å². The minimum absolute atomic E-state index is 0.549. The second-order valence-corrected chi connectivity index (χ2v) is 5.26. The maximum atomic E-state index is 5.53. The Morgan fingerprint density at radius 3 is 3.18 bits per heavy atom. The molecule has 2 aliphatic heterocycles. The summed E-state index contributed by atoms with van der Waals surface area (Å²) >= 11 is 0. The normalized spacial score (nSPS) is 27.4. The maximum absolute atomic E-state index is 5.53. The molecule has 1 aromatic rings. The molecule has 3 rings (SSSR count). The third-order valence-electron chi connectivity index (χ3n) is 4.19. The Balaban J connectivity index is 1.82. The molecule has 0 radical (unpaired) electrons. The van der Waals surface area contributed by atoms with E-state index in [0.717, 1.165) is 37.4 Å². The van der Waals surface area contributed by atoms with Gasteiger partial charge in [0.1, 0.15) is 11.5 Å². The van der Waals surface area contributed by atoms with Crippen LogP contribution in [0.4, 0.5) is 0 Å². The highest BCUT2D eigenvalue weighted by atomic mass is 16.5. The number of hydrogen-bond acceptors (Lipinski definition) is 4. The predicted molar refractivity (Wildman–Crippen MR) is 65.7 cm³/mol. The van der Waals surface area contributed by atoms with E-state index < -0.39 is 0 Å². The standard InChI is InChI=1S/C13H21N3O/c1-3-6-14-8-10-13-11-5-4-9(16(11)2)7-12(13)17-15-10/h9,11,14H,3-8H2,1-2H3. The van der Waals surface area contributed by atoms with E-state index in [9.17, 15) is 0 Å². The Hall–Kier alpha value is -0.870. The molecule has 0 aromatic carbocycles. The van der Waals surface area contributed by atoms with Gasteiger partial charge in [-0.25, -0.2) is 0 Å². The SMILES string of the molecule is CCCNCc1noc2c1C1CCC(C2)N1C. The van der Waals surface area contributed by atoms with Crippen LogP contribution in [0.3, 0.4) is 0 Å². The minimum Gasteiger partial charge on any atom is -0.361 e. The molecule has 2 bridgehead atoms. The number of hydrogen-bond donors (Lipinski definition) is 1. The van der Waals surface area contributed by atoms with Crippen LogP contribution in [0.25, 0.3) is 0 Å². The highest BCUT2D eigenvalue weighted by molar-refractivity contribution is 5.32. The van der Waals surface area contributed by atoms with Gasteiger partial charge in [-0.2, -0.15) is 0 Å². The molecule has 1 saturated heterocycles. The fourth-order valence-electron chi connectivity index (χ4n) is 3.23. The molecule has 2 atom stereocenters. The van der Waals surface area contributed by atoms with Crippen LogP contribution in [-0.4, -0.2) is 29.7 Å². The van der Waals surface area contributed by atoms with Crippen molar-refractivity contribution >= 4 is 0 Å². The number of nitrogens with zero attached hydrogens (tertiary/aromatic N) is 2. The Labute approximate surface area is 102 Å². The van der Waals surface area contributed by atoms with E-state index in [1.807, 2.05) is 0 Å². The third-order valence-corrected chi connectivity index (χ3v) is 4.19. The summed E-state index contributed by atoms with van der Waals surface area (Å²) in [5, 5.41) is 7.68. The Kier molecular flexibility index (Phi) is 2.92. The first-order valence-electron chi connectivity index (χ1n) is 6.71. The van der Waals surface area contributed by atoms with Gasteiger partial charge < -0.3 is 9.84 Å². The molecular formula is C13H21N3O. The lowest BCUT2D eigenvalue weighted by atomic mass is 9.98. The van der Waals surface area contributed by atoms with Gasteiger partial charge in [-0.1, -0.05) is 12.1 Å². The van der Waals surface area contributed by atoms with Crippen LogP contribution in [-0.2, 0) is 13.0 Å². The fourth-order valence-corrected chi connectivity index (χ4v) is 3.23. The molecule has 94 valence electrons. The Morgan fingerprint density at radius 2 is 2.35 bits per heavy atom. The van der Waals surface area contributed by atoms with E-state index in [1.54, 1.807) is 0 Å². The van der Waals surface area contributed by atoms with Crippen LogP contribution in [0, 0.1) is 0 Å². The molecular weight excluding hydrogens is 214 g/mol. The first-order chi connectivity index (χ1) is 8.31. The average Bonchev–Trinajstić information content (AvgIpc) is 2.81. The Morgan fingerprint density at radius 1 is 1.47 bits per heavy atom. The summed E-state index contributed by atoms with van der Waals surface area (Å²) in [5.41, 5.74) is 2.51. The molecule has 0 aliphatic carbocycles. The van der Waals surface area contributed by atoms with E-state index in [4.69, 9.17) is 4.52 Å². The van der Waals surface area contributed by atoms with Crippen molar-refractivity contribution in [3.63, 3.8) is 0 Å². The molecule has 0 spiro atoms. The summed E-state index contributed by atoms with van der Waals surface area (Å²) in [6.07, 6.45) is 4.76. The lowest BCUT2D eigenvalue weighted by Crippen LogP contribution is -2.34. The predicted octanol–water partition coefficient (Wildman–Crippen LogP) is 1.87. The van der Waals surface area contributed by atoms with Crippen molar-refractivity contribution in [2.75, 3.05) is 13.6 Å². The van der Waals surface area contributed by atoms with Gasteiger partial charge >= 0.3 is 0 Å². The largest absolute Gasteiger partial charge is 0.361 e. The van der Waals surface area contributed by atoms with Crippen LogP contribution in [0.5, 0.6) is 0 Å². The first kappa shape index (κ1) is 11.2. The van der Waals surface area contributed by atoms with Crippen molar-refractivity contribution in [2.45, 2.75) is 51.2 Å². The zero-order chi connectivity index (χ0) is 11.8. The van der Waals surface area contributed by atoms with Gasteiger partial charge in [0, 0.05) is 30.6 Å². The van der Waals surface area contributed by atoms with Crippen LogP contribution in [0.15, 0.2) is 4.52 Å². The molecule has 2 aliphatic rings. The van der Waals surface area contributed by atoms with Crippen molar-refractivity contribution in [3.05, 3.63) is 17.0 Å². The highest BCUT2D eigenvalue weighted by Crippen LogP contribution is 2.43. The van der Waals surface area contributed by atoms with Crippen LogP contribution < -0.4 is 5.32 Å². The van der Waals surface area contributed by atoms with Crippen LogP contribution >= 0.6 is 0 Å². The fraction of sp³-hybridized carbons (Fsp3) is 0.769. The lowest BCUT2D eigenvalue weighted by molar-refractivity contribution is 0.206. The second kappa shape index (κ2) is 4.42. The highest BCUT2D eigenvalue weighted by Gasteiger charge is 2.41. The summed E-state index contributed by atoms with van der Waals surface area (Å²) in [5.74, 6) is 1.14. The average molecular weight is 235 g/mol. The van der Waals surface area contributed by atoms with Gasteiger partial charge in [-0.05, 0) is 32.9 Å². The summed E-state index contributed by atoms with van der Waals surface area (Å²) in [7, 11) is 2.24. The molecule has 1 aromatic heterocycles.